The summed E-state index contributed by atoms with van der Waals surface area (Å²) < 4.78 is 96.6. The molecule has 0 unspecified atom stereocenters. The third-order valence-corrected chi connectivity index (χ3v) is 5.65. The van der Waals surface area contributed by atoms with Crippen molar-refractivity contribution in [3.8, 4) is 0 Å². The monoisotopic (exact) mass is 638 g/mol. The maximum absolute atomic E-state index is 13.2. The number of anilines is 2. The molecular weight excluding hydrogens is 610 g/mol. The Balaban J connectivity index is 0.000000442. The van der Waals surface area contributed by atoms with E-state index in [-0.39, 0.29) is 43.6 Å². The Morgan fingerprint density at radius 3 is 1.50 bits per heavy atom. The molecule has 2 rings (SSSR count). The predicted octanol–water partition coefficient (Wildman–Crippen LogP) is 4.57. The van der Waals surface area contributed by atoms with E-state index < -0.39 is 69.5 Å². The molecule has 0 atom stereocenters. The zero-order valence-electron chi connectivity index (χ0n) is 23.7. The van der Waals surface area contributed by atoms with E-state index in [4.69, 9.17) is 5.73 Å². The summed E-state index contributed by atoms with van der Waals surface area (Å²) in [5, 5.41) is 2.00. The first-order valence-electron chi connectivity index (χ1n) is 12.1. The van der Waals surface area contributed by atoms with Gasteiger partial charge in [-0.15, -0.1) is 0 Å². The maximum atomic E-state index is 13.2. The summed E-state index contributed by atoms with van der Waals surface area (Å²) in [6.07, 6.45) is -10.0. The number of alkyl halides is 6. The molecule has 0 saturated heterocycles. The zero-order valence-corrected chi connectivity index (χ0v) is 23.7. The third kappa shape index (κ3) is 10.0. The van der Waals surface area contributed by atoms with Crippen molar-refractivity contribution >= 4 is 41.3 Å². The van der Waals surface area contributed by atoms with E-state index in [1.165, 1.54) is 14.2 Å². The first-order valence-corrected chi connectivity index (χ1v) is 12.1. The third-order valence-electron chi connectivity index (χ3n) is 5.65. The molecule has 0 bridgehead atoms. The highest BCUT2D eigenvalue weighted by atomic mass is 19.4. The summed E-state index contributed by atoms with van der Waals surface area (Å²) in [6, 6.07) is 2.66. The molecule has 44 heavy (non-hydrogen) atoms. The number of ketones is 2. The van der Waals surface area contributed by atoms with Gasteiger partial charge in [-0.2, -0.15) is 26.3 Å². The Kier molecular flexibility index (Phi) is 14.0. The Bertz CT molecular complexity index is 1380. The smallest absolute Gasteiger partial charge is 0.417 e. The van der Waals surface area contributed by atoms with Crippen molar-refractivity contribution in [2.75, 3.05) is 52.7 Å². The van der Waals surface area contributed by atoms with Crippen LogP contribution in [0.3, 0.4) is 0 Å². The molecule has 0 fully saturated rings. The number of hydrogen-bond donors (Lipinski definition) is 2. The fraction of sp³-hybridized carbons (Fsp3) is 0.370. The molecule has 11 nitrogen and oxygen atoms in total. The summed E-state index contributed by atoms with van der Waals surface area (Å²) in [5.41, 5.74) is 0.223. The Labute approximate surface area is 246 Å². The molecule has 0 aliphatic carbocycles. The number of nitrogen functional groups attached to an aromatic ring is 1. The van der Waals surface area contributed by atoms with Crippen LogP contribution in [0.4, 0.5) is 37.7 Å². The van der Waals surface area contributed by atoms with Gasteiger partial charge in [0.05, 0.1) is 55.4 Å². The van der Waals surface area contributed by atoms with E-state index in [9.17, 15) is 50.3 Å². The lowest BCUT2D eigenvalue weighted by Gasteiger charge is -2.16. The summed E-state index contributed by atoms with van der Waals surface area (Å²) >= 11 is 0. The first kappa shape index (κ1) is 37.5. The van der Waals surface area contributed by atoms with Crippen LogP contribution in [0.5, 0.6) is 0 Å². The minimum absolute atomic E-state index is 0.0337. The molecule has 242 valence electrons. The summed E-state index contributed by atoms with van der Waals surface area (Å²) in [6.45, 7) is -0.105. The minimum Gasteiger partial charge on any atom is -0.465 e. The van der Waals surface area contributed by atoms with Crippen LogP contribution in [-0.4, -0.2) is 71.6 Å². The first-order chi connectivity index (χ1) is 20.5. The molecule has 0 spiro atoms. The van der Waals surface area contributed by atoms with Crippen LogP contribution in [-0.2, 0) is 36.1 Å². The van der Waals surface area contributed by atoms with Gasteiger partial charge in [0.25, 0.3) is 0 Å². The van der Waals surface area contributed by atoms with Gasteiger partial charge in [0.1, 0.15) is 0 Å². The van der Waals surface area contributed by atoms with Crippen molar-refractivity contribution < 1.29 is 69.3 Å². The molecule has 2 aromatic rings. The summed E-state index contributed by atoms with van der Waals surface area (Å²) in [4.78, 5) is 57.5. The number of nitrogens with two attached hydrogens (primary N) is 1. The summed E-state index contributed by atoms with van der Waals surface area (Å²) in [7, 11) is 4.71. The number of carbonyl (C=O) groups is 5. The predicted molar refractivity (Wildman–Crippen MR) is 141 cm³/mol. The lowest BCUT2D eigenvalue weighted by Crippen LogP contribution is -2.18. The molecule has 0 heterocycles. The number of esters is 2. The van der Waals surface area contributed by atoms with Gasteiger partial charge in [-0.25, -0.2) is 9.59 Å². The van der Waals surface area contributed by atoms with Gasteiger partial charge in [-0.3, -0.25) is 14.4 Å². The highest BCUT2D eigenvalue weighted by Crippen LogP contribution is 2.37. The molecule has 0 aliphatic rings. The molecule has 0 aliphatic heterocycles. The Morgan fingerprint density at radius 2 is 1.11 bits per heavy atom. The average molecular weight is 639 g/mol. The van der Waals surface area contributed by atoms with Crippen molar-refractivity contribution in [3.63, 3.8) is 0 Å². The Morgan fingerprint density at radius 1 is 0.705 bits per heavy atom. The quantitative estimate of drug-likeness (QED) is 0.111. The van der Waals surface area contributed by atoms with Crippen LogP contribution in [0.15, 0.2) is 24.3 Å². The lowest BCUT2D eigenvalue weighted by molar-refractivity contribution is -0.138. The van der Waals surface area contributed by atoms with Crippen molar-refractivity contribution in [3.05, 3.63) is 57.6 Å². The second-order valence-corrected chi connectivity index (χ2v) is 8.50. The van der Waals surface area contributed by atoms with Gasteiger partial charge in [0.2, 0.25) is 6.41 Å². The van der Waals surface area contributed by atoms with Gasteiger partial charge in [0, 0.05) is 43.9 Å². The van der Waals surface area contributed by atoms with Crippen molar-refractivity contribution in [2.45, 2.75) is 25.2 Å². The Hall–Kier alpha value is -4.51. The van der Waals surface area contributed by atoms with Gasteiger partial charge < -0.3 is 30.0 Å². The van der Waals surface area contributed by atoms with E-state index in [0.29, 0.717) is 12.1 Å². The van der Waals surface area contributed by atoms with Crippen LogP contribution < -0.4 is 11.1 Å². The van der Waals surface area contributed by atoms with Crippen molar-refractivity contribution in [2.24, 2.45) is 0 Å². The number of Topliss-reactive ketones (excluding diaryl/α,β-unsaturated/α-hetero) is 2. The molecule has 1 amide bonds. The number of hydrogen-bond acceptors (Lipinski definition) is 10. The SMILES string of the molecule is COCCC(=O)c1cc(C(=O)OC)c(N)cc1C(F)(F)F.COCCC(=O)c1cc(C(=O)OC)c(NC=O)cc1C(F)(F)F. The normalized spacial score (nSPS) is 11.1. The van der Waals surface area contributed by atoms with Crippen LogP contribution in [0, 0.1) is 0 Å². The second-order valence-electron chi connectivity index (χ2n) is 8.50. The number of amides is 1. The zero-order chi connectivity index (χ0) is 33.8. The molecule has 0 aromatic heterocycles. The largest absolute Gasteiger partial charge is 0.465 e. The van der Waals surface area contributed by atoms with Gasteiger partial charge in [-0.1, -0.05) is 0 Å². The number of carbonyl (C=O) groups excluding carboxylic acids is 5. The number of nitrogens with one attached hydrogen (secondary N) is 1. The van der Waals surface area contributed by atoms with E-state index in [2.05, 4.69) is 18.9 Å². The number of ether oxygens (including phenoxy) is 4. The fourth-order valence-corrected chi connectivity index (χ4v) is 3.55. The lowest BCUT2D eigenvalue weighted by atomic mass is 9.97. The average Bonchev–Trinajstić information content (AvgIpc) is 2.96. The number of halogens is 6. The van der Waals surface area contributed by atoms with Crippen molar-refractivity contribution in [1.29, 1.82) is 0 Å². The van der Waals surface area contributed by atoms with E-state index >= 15 is 0 Å². The number of benzene rings is 2. The van der Waals surface area contributed by atoms with E-state index in [1.807, 2.05) is 5.32 Å². The van der Waals surface area contributed by atoms with Crippen LogP contribution in [0.25, 0.3) is 0 Å². The highest BCUT2D eigenvalue weighted by molar-refractivity contribution is 6.05. The van der Waals surface area contributed by atoms with Gasteiger partial charge >= 0.3 is 24.3 Å². The minimum atomic E-state index is -4.84. The van der Waals surface area contributed by atoms with E-state index in [0.717, 1.165) is 26.4 Å². The number of methoxy groups -OCH3 is 4. The molecule has 2 aromatic carbocycles. The van der Waals surface area contributed by atoms with Gasteiger partial charge in [-0.05, 0) is 24.3 Å². The molecular formula is C27H28F6N2O9. The topological polar surface area (TPSA) is 160 Å². The second kappa shape index (κ2) is 16.4. The molecule has 3 N–H and O–H groups in total. The molecule has 0 saturated carbocycles. The maximum Gasteiger partial charge on any atom is 0.417 e. The van der Waals surface area contributed by atoms with Crippen molar-refractivity contribution in [1.82, 2.24) is 0 Å². The molecule has 0 radical (unpaired) electrons. The van der Waals surface area contributed by atoms with Gasteiger partial charge in [0.15, 0.2) is 11.6 Å². The fourth-order valence-electron chi connectivity index (χ4n) is 3.55. The standard InChI is InChI=1S/C14H14F3NO5.C13H14F3NO4/c1-22-4-3-12(20)8-5-9(13(21)23-2)11(18-7-19)6-10(8)14(15,16)17;1-20-4-3-11(18)7-5-8(12(19)21-2)10(17)6-9(7)13(14,15)16/h5-7H,3-4H2,1-2H3,(H,18,19);5-6H,3-4,17H2,1-2H3. The molecule has 17 heteroatoms. The summed E-state index contributed by atoms with van der Waals surface area (Å²) in [5.74, 6) is -3.54. The van der Waals surface area contributed by atoms with Crippen LogP contribution >= 0.6 is 0 Å². The van der Waals surface area contributed by atoms with Crippen LogP contribution in [0.2, 0.25) is 0 Å². The number of rotatable bonds is 12. The van der Waals surface area contributed by atoms with Crippen LogP contribution in [0.1, 0.15) is 65.4 Å². The van der Waals surface area contributed by atoms with E-state index in [1.54, 1.807) is 0 Å². The highest BCUT2D eigenvalue weighted by Gasteiger charge is 2.38.